The molecular formula is C18H16N4O2. The van der Waals surface area contributed by atoms with Gasteiger partial charge in [-0.2, -0.15) is 0 Å². The van der Waals surface area contributed by atoms with Gasteiger partial charge in [0.05, 0.1) is 17.2 Å². The number of hydrogen-bond donors (Lipinski definition) is 1. The number of benzene rings is 1. The predicted octanol–water partition coefficient (Wildman–Crippen LogP) is 3.59. The zero-order valence-corrected chi connectivity index (χ0v) is 12.9. The molecule has 0 bridgehead atoms. The van der Waals surface area contributed by atoms with Gasteiger partial charge in [-0.05, 0) is 35.9 Å². The van der Waals surface area contributed by atoms with Crippen LogP contribution in [0.4, 0.5) is 11.4 Å². The summed E-state index contributed by atoms with van der Waals surface area (Å²) in [5.74, 6) is 0. The SMILES string of the molecule is O=[N+]([O-])c1ccc(NCc2ccccn2)c(Cc2ccccn2)c1. The number of pyridine rings is 2. The van der Waals surface area contributed by atoms with E-state index in [1.54, 1.807) is 24.5 Å². The van der Waals surface area contributed by atoms with E-state index < -0.39 is 0 Å². The molecule has 2 aromatic heterocycles. The average molecular weight is 320 g/mol. The number of nitro groups is 1. The van der Waals surface area contributed by atoms with Crippen LogP contribution in [0.3, 0.4) is 0 Å². The van der Waals surface area contributed by atoms with Gasteiger partial charge in [0, 0.05) is 42.3 Å². The van der Waals surface area contributed by atoms with Gasteiger partial charge in [-0.15, -0.1) is 0 Å². The number of nitrogens with zero attached hydrogens (tertiary/aromatic N) is 3. The molecule has 3 rings (SSSR count). The number of nitrogens with one attached hydrogen (secondary N) is 1. The Bertz CT molecular complexity index is 823. The second-order valence-electron chi connectivity index (χ2n) is 5.27. The van der Waals surface area contributed by atoms with E-state index in [0.717, 1.165) is 22.6 Å². The van der Waals surface area contributed by atoms with E-state index in [9.17, 15) is 10.1 Å². The Morgan fingerprint density at radius 1 is 0.958 bits per heavy atom. The molecule has 1 aromatic carbocycles. The average Bonchev–Trinajstić information content (AvgIpc) is 2.62. The Morgan fingerprint density at radius 3 is 2.29 bits per heavy atom. The molecule has 0 unspecified atom stereocenters. The molecule has 24 heavy (non-hydrogen) atoms. The molecule has 0 aliphatic carbocycles. The van der Waals surface area contributed by atoms with Gasteiger partial charge in [-0.3, -0.25) is 20.1 Å². The lowest BCUT2D eigenvalue weighted by Crippen LogP contribution is -2.05. The maximum absolute atomic E-state index is 11.1. The fourth-order valence-electron chi connectivity index (χ4n) is 2.40. The van der Waals surface area contributed by atoms with E-state index in [2.05, 4.69) is 15.3 Å². The minimum absolute atomic E-state index is 0.0734. The summed E-state index contributed by atoms with van der Waals surface area (Å²) in [6.07, 6.45) is 3.97. The molecule has 0 aliphatic heterocycles. The van der Waals surface area contributed by atoms with Crippen LogP contribution in [-0.4, -0.2) is 14.9 Å². The minimum Gasteiger partial charge on any atom is -0.379 e. The molecule has 0 radical (unpaired) electrons. The highest BCUT2D eigenvalue weighted by Gasteiger charge is 2.12. The van der Waals surface area contributed by atoms with E-state index in [1.165, 1.54) is 6.07 Å². The molecule has 6 nitrogen and oxygen atoms in total. The quantitative estimate of drug-likeness (QED) is 0.554. The highest BCUT2D eigenvalue weighted by molar-refractivity contribution is 5.57. The van der Waals surface area contributed by atoms with Gasteiger partial charge in [0.1, 0.15) is 0 Å². The van der Waals surface area contributed by atoms with E-state index in [4.69, 9.17) is 0 Å². The lowest BCUT2D eigenvalue weighted by Gasteiger charge is -2.12. The van der Waals surface area contributed by atoms with Crippen molar-refractivity contribution < 1.29 is 4.92 Å². The van der Waals surface area contributed by atoms with Crippen molar-refractivity contribution in [3.05, 3.63) is 94.1 Å². The third-order valence-electron chi connectivity index (χ3n) is 3.58. The van der Waals surface area contributed by atoms with Crippen LogP contribution in [0.5, 0.6) is 0 Å². The molecule has 2 heterocycles. The molecule has 3 aromatic rings. The summed E-state index contributed by atoms with van der Waals surface area (Å²) in [5, 5.41) is 14.4. The van der Waals surface area contributed by atoms with Crippen LogP contribution in [-0.2, 0) is 13.0 Å². The number of non-ortho nitro benzene ring substituents is 1. The first-order valence-corrected chi connectivity index (χ1v) is 7.53. The van der Waals surface area contributed by atoms with Gasteiger partial charge < -0.3 is 5.32 Å². The molecule has 0 spiro atoms. The van der Waals surface area contributed by atoms with Gasteiger partial charge >= 0.3 is 0 Å². The second kappa shape index (κ2) is 7.32. The monoisotopic (exact) mass is 320 g/mol. The number of nitro benzene ring substituents is 1. The zero-order chi connectivity index (χ0) is 16.8. The number of hydrogen-bond acceptors (Lipinski definition) is 5. The standard InChI is InChI=1S/C18H16N4O2/c23-22(24)17-7-8-18(21-13-16-6-2-4-10-20-16)14(12-17)11-15-5-1-3-9-19-15/h1-10,12,21H,11,13H2. The summed E-state index contributed by atoms with van der Waals surface area (Å²) in [6.45, 7) is 0.549. The van der Waals surface area contributed by atoms with Crippen LogP contribution in [0.25, 0.3) is 0 Å². The van der Waals surface area contributed by atoms with Crippen LogP contribution in [0.2, 0.25) is 0 Å². The maximum Gasteiger partial charge on any atom is 0.269 e. The number of aromatic nitrogens is 2. The molecular weight excluding hydrogens is 304 g/mol. The van der Waals surface area contributed by atoms with Crippen molar-refractivity contribution in [3.63, 3.8) is 0 Å². The highest BCUT2D eigenvalue weighted by Crippen LogP contribution is 2.24. The molecule has 0 aliphatic rings. The minimum atomic E-state index is -0.384. The molecule has 0 amide bonds. The first-order chi connectivity index (χ1) is 11.7. The normalized spacial score (nSPS) is 10.3. The van der Waals surface area contributed by atoms with Crippen molar-refractivity contribution in [1.29, 1.82) is 0 Å². The van der Waals surface area contributed by atoms with E-state index in [1.807, 2.05) is 36.4 Å². The molecule has 0 saturated carbocycles. The molecule has 0 atom stereocenters. The van der Waals surface area contributed by atoms with Crippen molar-refractivity contribution in [3.8, 4) is 0 Å². The van der Waals surface area contributed by atoms with Crippen molar-refractivity contribution in [2.24, 2.45) is 0 Å². The van der Waals surface area contributed by atoms with Crippen LogP contribution in [0.15, 0.2) is 67.0 Å². The highest BCUT2D eigenvalue weighted by atomic mass is 16.6. The Hall–Kier alpha value is -3.28. The Kier molecular flexibility index (Phi) is 4.76. The summed E-state index contributed by atoms with van der Waals surface area (Å²) in [5.41, 5.74) is 3.51. The van der Waals surface area contributed by atoms with E-state index in [0.29, 0.717) is 13.0 Å². The predicted molar refractivity (Wildman–Crippen MR) is 91.7 cm³/mol. The first-order valence-electron chi connectivity index (χ1n) is 7.53. The third kappa shape index (κ3) is 3.92. The molecule has 6 heteroatoms. The summed E-state index contributed by atoms with van der Waals surface area (Å²) in [6, 6.07) is 16.2. The summed E-state index contributed by atoms with van der Waals surface area (Å²) < 4.78 is 0. The first kappa shape index (κ1) is 15.6. The van der Waals surface area contributed by atoms with Gasteiger partial charge in [0.15, 0.2) is 0 Å². The van der Waals surface area contributed by atoms with Gasteiger partial charge in [0.25, 0.3) is 5.69 Å². The summed E-state index contributed by atoms with van der Waals surface area (Å²) in [4.78, 5) is 19.2. The molecule has 0 saturated heterocycles. The Morgan fingerprint density at radius 2 is 1.67 bits per heavy atom. The fourth-order valence-corrected chi connectivity index (χ4v) is 2.40. The van der Waals surface area contributed by atoms with Gasteiger partial charge in [0.2, 0.25) is 0 Å². The van der Waals surface area contributed by atoms with Crippen molar-refractivity contribution in [2.75, 3.05) is 5.32 Å². The second-order valence-corrected chi connectivity index (χ2v) is 5.27. The molecule has 0 fully saturated rings. The van der Waals surface area contributed by atoms with Crippen molar-refractivity contribution in [1.82, 2.24) is 9.97 Å². The summed E-state index contributed by atoms with van der Waals surface area (Å²) >= 11 is 0. The van der Waals surface area contributed by atoms with Crippen LogP contribution in [0.1, 0.15) is 17.0 Å². The smallest absolute Gasteiger partial charge is 0.269 e. The Balaban J connectivity index is 1.85. The van der Waals surface area contributed by atoms with Crippen LogP contribution in [0, 0.1) is 10.1 Å². The van der Waals surface area contributed by atoms with Crippen LogP contribution >= 0.6 is 0 Å². The van der Waals surface area contributed by atoms with Crippen molar-refractivity contribution >= 4 is 11.4 Å². The topological polar surface area (TPSA) is 81.0 Å². The Labute approximate surface area is 139 Å². The van der Waals surface area contributed by atoms with Gasteiger partial charge in [-0.1, -0.05) is 12.1 Å². The summed E-state index contributed by atoms with van der Waals surface area (Å²) in [7, 11) is 0. The molecule has 1 N–H and O–H groups in total. The van der Waals surface area contributed by atoms with Crippen molar-refractivity contribution in [2.45, 2.75) is 13.0 Å². The lowest BCUT2D eigenvalue weighted by atomic mass is 10.1. The number of rotatable bonds is 6. The molecule has 120 valence electrons. The largest absolute Gasteiger partial charge is 0.379 e. The number of anilines is 1. The van der Waals surface area contributed by atoms with Crippen LogP contribution < -0.4 is 5.32 Å². The maximum atomic E-state index is 11.1. The van der Waals surface area contributed by atoms with E-state index in [-0.39, 0.29) is 10.6 Å². The van der Waals surface area contributed by atoms with E-state index >= 15 is 0 Å². The zero-order valence-electron chi connectivity index (χ0n) is 12.9. The third-order valence-corrected chi connectivity index (χ3v) is 3.58. The van der Waals surface area contributed by atoms with Gasteiger partial charge in [-0.25, -0.2) is 0 Å². The fraction of sp³-hybridized carbons (Fsp3) is 0.111. The lowest BCUT2D eigenvalue weighted by molar-refractivity contribution is -0.384.